The predicted molar refractivity (Wildman–Crippen MR) is 87.3 cm³/mol. The molecule has 1 aromatic carbocycles. The fourth-order valence-electron chi connectivity index (χ4n) is 2.83. The lowest BCUT2D eigenvalue weighted by Crippen LogP contribution is -2.42. The zero-order valence-corrected chi connectivity index (χ0v) is 13.5. The van der Waals surface area contributed by atoms with E-state index in [1.165, 1.54) is 14.8 Å². The minimum atomic E-state index is -0.250. The van der Waals surface area contributed by atoms with Crippen LogP contribution in [0.15, 0.2) is 35.6 Å². The van der Waals surface area contributed by atoms with E-state index in [-0.39, 0.29) is 17.4 Å². The summed E-state index contributed by atoms with van der Waals surface area (Å²) in [4.78, 5) is 26.6. The molecule has 0 atom stereocenters. The first-order chi connectivity index (χ1) is 11.0. The Hall–Kier alpha value is -2.63. The molecule has 3 rings (SSSR count). The Balaban J connectivity index is 1.89. The molecule has 23 heavy (non-hydrogen) atoms. The predicted octanol–water partition coefficient (Wildman–Crippen LogP) is 1.50. The summed E-state index contributed by atoms with van der Waals surface area (Å²) >= 11 is 0. The van der Waals surface area contributed by atoms with Crippen LogP contribution in [0, 0.1) is 13.8 Å². The molecule has 6 nitrogen and oxygen atoms in total. The second kappa shape index (κ2) is 5.87. The standard InChI is InChI=1S/C17H20N4O2/c1-4-7-21-17(23)20-9-8-19(16(22)15(20)18-21)11-14-10-12(2)5-6-13(14)3/h4-6,10H,1,7-9,11H2,2-3H3. The van der Waals surface area contributed by atoms with Gasteiger partial charge in [-0.05, 0) is 25.0 Å². The summed E-state index contributed by atoms with van der Waals surface area (Å²) in [5.74, 6) is 0.0190. The van der Waals surface area contributed by atoms with Crippen LogP contribution in [0.4, 0.5) is 0 Å². The molecule has 6 heteroatoms. The van der Waals surface area contributed by atoms with E-state index >= 15 is 0 Å². The fourth-order valence-corrected chi connectivity index (χ4v) is 2.83. The van der Waals surface area contributed by atoms with Crippen LogP contribution in [0.25, 0.3) is 0 Å². The number of fused-ring (bicyclic) bond motifs is 1. The number of carbonyl (C=O) groups is 1. The van der Waals surface area contributed by atoms with Crippen molar-refractivity contribution < 1.29 is 4.79 Å². The molecule has 1 amide bonds. The number of benzene rings is 1. The molecule has 0 saturated carbocycles. The maximum atomic E-state index is 12.7. The second-order valence-electron chi connectivity index (χ2n) is 5.89. The fraction of sp³-hybridized carbons (Fsp3) is 0.353. The van der Waals surface area contributed by atoms with E-state index in [1.54, 1.807) is 11.0 Å². The van der Waals surface area contributed by atoms with Crippen molar-refractivity contribution in [1.82, 2.24) is 19.2 Å². The molecular formula is C17H20N4O2. The van der Waals surface area contributed by atoms with Crippen molar-refractivity contribution in [3.8, 4) is 0 Å². The molecule has 1 aromatic heterocycles. The van der Waals surface area contributed by atoms with Crippen LogP contribution in [0.1, 0.15) is 27.3 Å². The number of carbonyl (C=O) groups excluding carboxylic acids is 1. The summed E-state index contributed by atoms with van der Waals surface area (Å²) in [6.07, 6.45) is 1.60. The Bertz CT molecular complexity index is 832. The largest absolute Gasteiger partial charge is 0.346 e. The zero-order valence-electron chi connectivity index (χ0n) is 13.5. The molecule has 0 unspecified atom stereocenters. The zero-order chi connectivity index (χ0) is 16.6. The van der Waals surface area contributed by atoms with Gasteiger partial charge >= 0.3 is 5.69 Å². The molecule has 0 saturated heterocycles. The Morgan fingerprint density at radius 3 is 2.78 bits per heavy atom. The lowest BCUT2D eigenvalue weighted by molar-refractivity contribution is 0.0681. The summed E-state index contributed by atoms with van der Waals surface area (Å²) in [6.45, 7) is 9.52. The average molecular weight is 312 g/mol. The Labute approximate surface area is 134 Å². The Morgan fingerprint density at radius 1 is 1.26 bits per heavy atom. The van der Waals surface area contributed by atoms with Gasteiger partial charge in [0.1, 0.15) is 0 Å². The van der Waals surface area contributed by atoms with Crippen LogP contribution in [-0.4, -0.2) is 31.7 Å². The monoisotopic (exact) mass is 312 g/mol. The molecular weight excluding hydrogens is 292 g/mol. The summed E-state index contributed by atoms with van der Waals surface area (Å²) in [5, 5.41) is 4.16. The lowest BCUT2D eigenvalue weighted by Gasteiger charge is -2.27. The lowest BCUT2D eigenvalue weighted by atomic mass is 10.0. The van der Waals surface area contributed by atoms with Gasteiger partial charge < -0.3 is 4.90 Å². The topological polar surface area (TPSA) is 60.1 Å². The molecule has 0 spiro atoms. The first-order valence-electron chi connectivity index (χ1n) is 7.65. The van der Waals surface area contributed by atoms with E-state index in [0.29, 0.717) is 26.2 Å². The van der Waals surface area contributed by atoms with Gasteiger partial charge in [0.15, 0.2) is 0 Å². The third-order valence-electron chi connectivity index (χ3n) is 4.16. The highest BCUT2D eigenvalue weighted by Crippen LogP contribution is 2.17. The third kappa shape index (κ3) is 2.72. The number of allylic oxidation sites excluding steroid dienone is 1. The van der Waals surface area contributed by atoms with Crippen molar-refractivity contribution in [2.24, 2.45) is 0 Å². The smallest absolute Gasteiger partial charge is 0.330 e. The van der Waals surface area contributed by atoms with Gasteiger partial charge in [-0.1, -0.05) is 29.8 Å². The number of aryl methyl sites for hydroxylation is 2. The SMILES string of the molecule is C=CCn1nc2n(c1=O)CCN(Cc1cc(C)ccc1C)C2=O. The number of hydrogen-bond acceptors (Lipinski definition) is 3. The van der Waals surface area contributed by atoms with Gasteiger partial charge in [0.25, 0.3) is 5.91 Å². The summed E-state index contributed by atoms with van der Waals surface area (Å²) in [7, 11) is 0. The van der Waals surface area contributed by atoms with E-state index in [2.05, 4.69) is 29.9 Å². The van der Waals surface area contributed by atoms with Crippen molar-refractivity contribution in [2.75, 3.05) is 6.54 Å². The van der Waals surface area contributed by atoms with Gasteiger partial charge in [0, 0.05) is 19.6 Å². The quantitative estimate of drug-likeness (QED) is 0.804. The van der Waals surface area contributed by atoms with Crippen molar-refractivity contribution in [2.45, 2.75) is 33.5 Å². The average Bonchev–Trinajstić information content (AvgIpc) is 2.84. The van der Waals surface area contributed by atoms with Gasteiger partial charge in [0.2, 0.25) is 5.82 Å². The molecule has 2 aromatic rings. The van der Waals surface area contributed by atoms with E-state index in [1.807, 2.05) is 13.8 Å². The molecule has 1 aliphatic heterocycles. The van der Waals surface area contributed by atoms with Crippen molar-refractivity contribution in [1.29, 1.82) is 0 Å². The Morgan fingerprint density at radius 2 is 2.04 bits per heavy atom. The molecule has 120 valence electrons. The highest BCUT2D eigenvalue weighted by atomic mass is 16.2. The summed E-state index contributed by atoms with van der Waals surface area (Å²) in [5.41, 5.74) is 3.20. The van der Waals surface area contributed by atoms with E-state index in [0.717, 1.165) is 11.1 Å². The van der Waals surface area contributed by atoms with Gasteiger partial charge in [0.05, 0.1) is 6.54 Å². The molecule has 0 N–H and O–H groups in total. The minimum absolute atomic E-state index is 0.197. The molecule has 0 fully saturated rings. The van der Waals surface area contributed by atoms with Crippen LogP contribution < -0.4 is 5.69 Å². The van der Waals surface area contributed by atoms with Crippen LogP contribution >= 0.6 is 0 Å². The molecule has 0 bridgehead atoms. The second-order valence-corrected chi connectivity index (χ2v) is 5.89. The van der Waals surface area contributed by atoms with E-state index in [4.69, 9.17) is 0 Å². The first-order valence-corrected chi connectivity index (χ1v) is 7.65. The summed E-state index contributed by atoms with van der Waals surface area (Å²) in [6, 6.07) is 6.22. The van der Waals surface area contributed by atoms with Gasteiger partial charge in [-0.3, -0.25) is 9.36 Å². The normalized spacial score (nSPS) is 14.0. The highest BCUT2D eigenvalue weighted by Gasteiger charge is 2.29. The van der Waals surface area contributed by atoms with Gasteiger partial charge in [-0.15, -0.1) is 11.7 Å². The third-order valence-corrected chi connectivity index (χ3v) is 4.16. The van der Waals surface area contributed by atoms with Crippen molar-refractivity contribution in [3.05, 3.63) is 63.9 Å². The number of aromatic nitrogens is 3. The number of nitrogens with zero attached hydrogens (tertiary/aromatic N) is 4. The molecule has 0 aliphatic carbocycles. The van der Waals surface area contributed by atoms with E-state index < -0.39 is 0 Å². The number of amides is 1. The van der Waals surface area contributed by atoms with Crippen LogP contribution in [0.2, 0.25) is 0 Å². The molecule has 0 radical (unpaired) electrons. The van der Waals surface area contributed by atoms with Crippen LogP contribution in [-0.2, 0) is 19.6 Å². The van der Waals surface area contributed by atoms with Crippen LogP contribution in [0.5, 0.6) is 0 Å². The van der Waals surface area contributed by atoms with Crippen molar-refractivity contribution >= 4 is 5.91 Å². The summed E-state index contributed by atoms with van der Waals surface area (Å²) < 4.78 is 2.73. The number of hydrogen-bond donors (Lipinski definition) is 0. The molecule has 1 aliphatic rings. The minimum Gasteiger partial charge on any atom is -0.330 e. The van der Waals surface area contributed by atoms with Crippen LogP contribution in [0.3, 0.4) is 0 Å². The van der Waals surface area contributed by atoms with Crippen molar-refractivity contribution in [3.63, 3.8) is 0 Å². The van der Waals surface area contributed by atoms with Gasteiger partial charge in [-0.2, -0.15) is 0 Å². The van der Waals surface area contributed by atoms with Gasteiger partial charge in [-0.25, -0.2) is 9.48 Å². The maximum Gasteiger partial charge on any atom is 0.346 e. The first kappa shape index (κ1) is 15.3. The highest BCUT2D eigenvalue weighted by molar-refractivity contribution is 5.91. The van der Waals surface area contributed by atoms with E-state index in [9.17, 15) is 9.59 Å². The maximum absolute atomic E-state index is 12.7. The Kier molecular flexibility index (Phi) is 3.90. The number of rotatable bonds is 4. The molecule has 2 heterocycles.